The zero-order valence-electron chi connectivity index (χ0n) is 15.1. The molecule has 0 atom stereocenters. The maximum Gasteiger partial charge on any atom is 0.224 e. The highest BCUT2D eigenvalue weighted by Crippen LogP contribution is 2.21. The lowest BCUT2D eigenvalue weighted by Crippen LogP contribution is -2.11. The first-order chi connectivity index (χ1) is 13.6. The fraction of sp³-hybridized carbons (Fsp3) is 0.211. The number of aromatic nitrogens is 4. The van der Waals surface area contributed by atoms with Crippen molar-refractivity contribution in [3.63, 3.8) is 0 Å². The minimum Gasteiger partial charge on any atom is -0.326 e. The summed E-state index contributed by atoms with van der Waals surface area (Å²) in [6.07, 6.45) is 1.26. The minimum atomic E-state index is -0.0536. The fourth-order valence-electron chi connectivity index (χ4n) is 2.42. The number of carbonyl (C=O) groups excluding carboxylic acids is 2. The predicted molar refractivity (Wildman–Crippen MR) is 109 cm³/mol. The van der Waals surface area contributed by atoms with Crippen LogP contribution in [0.5, 0.6) is 0 Å². The van der Waals surface area contributed by atoms with Gasteiger partial charge < -0.3 is 5.32 Å². The van der Waals surface area contributed by atoms with Gasteiger partial charge in [-0.15, -0.1) is 5.10 Å². The second-order valence-electron chi connectivity index (χ2n) is 5.94. The molecule has 28 heavy (non-hydrogen) atoms. The number of hydrogen-bond acceptors (Lipinski definition) is 6. The zero-order valence-corrected chi connectivity index (χ0v) is 16.7. The Bertz CT molecular complexity index is 957. The molecule has 0 aliphatic carbocycles. The van der Waals surface area contributed by atoms with E-state index in [0.29, 0.717) is 27.9 Å². The second-order valence-corrected chi connectivity index (χ2v) is 7.32. The minimum absolute atomic E-state index is 0.0360. The van der Waals surface area contributed by atoms with Gasteiger partial charge in [-0.3, -0.25) is 9.59 Å². The molecule has 0 saturated heterocycles. The molecule has 1 N–H and O–H groups in total. The van der Waals surface area contributed by atoms with Gasteiger partial charge >= 0.3 is 0 Å². The van der Waals surface area contributed by atoms with Crippen molar-refractivity contribution < 1.29 is 9.59 Å². The Labute approximate surface area is 171 Å². The lowest BCUT2D eigenvalue weighted by Gasteiger charge is -2.06. The van der Waals surface area contributed by atoms with E-state index in [-0.39, 0.29) is 17.4 Å². The summed E-state index contributed by atoms with van der Waals surface area (Å²) in [6, 6.07) is 14.0. The van der Waals surface area contributed by atoms with E-state index in [0.717, 1.165) is 12.1 Å². The molecule has 2 aromatic carbocycles. The number of rotatable bonds is 8. The summed E-state index contributed by atoms with van der Waals surface area (Å²) in [5.74, 6) is 0.100. The number of hydrogen-bond donors (Lipinski definition) is 1. The van der Waals surface area contributed by atoms with Gasteiger partial charge in [0.05, 0.1) is 11.4 Å². The average Bonchev–Trinajstić information content (AvgIpc) is 3.16. The fourth-order valence-corrected chi connectivity index (χ4v) is 3.33. The van der Waals surface area contributed by atoms with E-state index in [1.165, 1.54) is 11.8 Å². The van der Waals surface area contributed by atoms with Gasteiger partial charge in [-0.1, -0.05) is 30.3 Å². The van der Waals surface area contributed by atoms with Crippen molar-refractivity contribution >= 4 is 40.7 Å². The standard InChI is InChI=1S/C19H18ClN5O2S/c1-2-3-18(27)21-15-8-4-13(5-9-15)17(26)12-28-19-22-23-24-25(19)16-10-6-14(20)7-11-16/h4-11H,2-3,12H2,1H3,(H,21,27). The lowest BCUT2D eigenvalue weighted by molar-refractivity contribution is -0.116. The van der Waals surface area contributed by atoms with Gasteiger partial charge in [0.15, 0.2) is 5.78 Å². The number of benzene rings is 2. The number of anilines is 1. The Morgan fingerprint density at radius 1 is 1.11 bits per heavy atom. The highest BCUT2D eigenvalue weighted by atomic mass is 35.5. The second kappa shape index (κ2) is 9.48. The molecule has 3 aromatic rings. The zero-order chi connectivity index (χ0) is 19.9. The Hall–Kier alpha value is -2.71. The molecule has 0 bridgehead atoms. The highest BCUT2D eigenvalue weighted by molar-refractivity contribution is 7.99. The molecule has 0 unspecified atom stereocenters. The quantitative estimate of drug-likeness (QED) is 0.441. The van der Waals surface area contributed by atoms with Gasteiger partial charge in [0.2, 0.25) is 11.1 Å². The Morgan fingerprint density at radius 3 is 2.50 bits per heavy atom. The summed E-state index contributed by atoms with van der Waals surface area (Å²) in [5, 5.41) is 15.6. The van der Waals surface area contributed by atoms with E-state index in [9.17, 15) is 9.59 Å². The molecule has 7 nitrogen and oxygen atoms in total. The first kappa shape index (κ1) is 20.0. The third kappa shape index (κ3) is 5.17. The molecule has 0 radical (unpaired) electrons. The molecular weight excluding hydrogens is 398 g/mol. The van der Waals surface area contributed by atoms with E-state index in [1.54, 1.807) is 53.2 Å². The largest absolute Gasteiger partial charge is 0.326 e. The lowest BCUT2D eigenvalue weighted by atomic mass is 10.1. The maximum atomic E-state index is 12.5. The van der Waals surface area contributed by atoms with E-state index >= 15 is 0 Å². The van der Waals surface area contributed by atoms with Gasteiger partial charge in [0, 0.05) is 22.7 Å². The number of ketones is 1. The number of nitrogens with one attached hydrogen (secondary N) is 1. The van der Waals surface area contributed by atoms with Gasteiger partial charge in [0.25, 0.3) is 0 Å². The number of carbonyl (C=O) groups is 2. The normalized spacial score (nSPS) is 10.6. The summed E-state index contributed by atoms with van der Waals surface area (Å²) in [7, 11) is 0. The SMILES string of the molecule is CCCC(=O)Nc1ccc(C(=O)CSc2nnnn2-c2ccc(Cl)cc2)cc1. The molecule has 1 aromatic heterocycles. The van der Waals surface area contributed by atoms with Crippen LogP contribution in [0, 0.1) is 0 Å². The number of amides is 1. The first-order valence-corrected chi connectivity index (χ1v) is 10.0. The molecule has 0 saturated carbocycles. The van der Waals surface area contributed by atoms with Crippen LogP contribution in [0.1, 0.15) is 30.1 Å². The van der Waals surface area contributed by atoms with Crippen molar-refractivity contribution in [1.82, 2.24) is 20.2 Å². The van der Waals surface area contributed by atoms with Crippen LogP contribution in [0.25, 0.3) is 5.69 Å². The van der Waals surface area contributed by atoms with Gasteiger partial charge in [0.1, 0.15) is 0 Å². The van der Waals surface area contributed by atoms with Gasteiger partial charge in [-0.05, 0) is 65.4 Å². The molecule has 144 valence electrons. The molecule has 0 aliphatic heterocycles. The summed E-state index contributed by atoms with van der Waals surface area (Å²) in [4.78, 5) is 24.1. The maximum absolute atomic E-state index is 12.5. The van der Waals surface area contributed by atoms with E-state index < -0.39 is 0 Å². The monoisotopic (exact) mass is 415 g/mol. The van der Waals surface area contributed by atoms with Crippen LogP contribution in [0.15, 0.2) is 53.7 Å². The van der Waals surface area contributed by atoms with Crippen LogP contribution in [0.2, 0.25) is 5.02 Å². The van der Waals surface area contributed by atoms with E-state index in [1.807, 2.05) is 6.92 Å². The van der Waals surface area contributed by atoms with Crippen molar-refractivity contribution in [2.24, 2.45) is 0 Å². The molecule has 9 heteroatoms. The topological polar surface area (TPSA) is 89.8 Å². The average molecular weight is 416 g/mol. The van der Waals surface area contributed by atoms with Crippen molar-refractivity contribution in [1.29, 1.82) is 0 Å². The number of thioether (sulfide) groups is 1. The number of halogens is 1. The third-order valence-corrected chi connectivity index (χ3v) is 4.98. The van der Waals surface area contributed by atoms with Crippen LogP contribution in [-0.2, 0) is 4.79 Å². The van der Waals surface area contributed by atoms with Crippen molar-refractivity contribution in [2.75, 3.05) is 11.1 Å². The summed E-state index contributed by atoms with van der Waals surface area (Å²) >= 11 is 7.16. The van der Waals surface area contributed by atoms with Crippen LogP contribution < -0.4 is 5.32 Å². The summed E-state index contributed by atoms with van der Waals surface area (Å²) < 4.78 is 1.56. The van der Waals surface area contributed by atoms with Crippen LogP contribution in [0.3, 0.4) is 0 Å². The molecular formula is C19H18ClN5O2S. The molecule has 0 spiro atoms. The number of tetrazole rings is 1. The van der Waals surface area contributed by atoms with Gasteiger partial charge in [-0.2, -0.15) is 4.68 Å². The highest BCUT2D eigenvalue weighted by Gasteiger charge is 2.13. The van der Waals surface area contributed by atoms with Crippen LogP contribution in [-0.4, -0.2) is 37.7 Å². The molecule has 0 aliphatic rings. The predicted octanol–water partition coefficient (Wildman–Crippen LogP) is 4.03. The van der Waals surface area contributed by atoms with Gasteiger partial charge in [-0.25, -0.2) is 0 Å². The van der Waals surface area contributed by atoms with E-state index in [4.69, 9.17) is 11.6 Å². The first-order valence-electron chi connectivity index (χ1n) is 8.67. The van der Waals surface area contributed by atoms with Crippen LogP contribution in [0.4, 0.5) is 5.69 Å². The van der Waals surface area contributed by atoms with E-state index in [2.05, 4.69) is 20.8 Å². The Kier molecular flexibility index (Phi) is 6.78. The molecule has 1 heterocycles. The third-order valence-electron chi connectivity index (χ3n) is 3.81. The Balaban J connectivity index is 1.61. The van der Waals surface area contributed by atoms with Crippen molar-refractivity contribution in [3.05, 3.63) is 59.1 Å². The summed E-state index contributed by atoms with van der Waals surface area (Å²) in [5.41, 5.74) is 2.00. The number of Topliss-reactive ketones (excluding diaryl/α,β-unsaturated/α-hetero) is 1. The van der Waals surface area contributed by atoms with Crippen LogP contribution >= 0.6 is 23.4 Å². The number of nitrogens with zero attached hydrogens (tertiary/aromatic N) is 4. The van der Waals surface area contributed by atoms with Crippen molar-refractivity contribution in [3.8, 4) is 5.69 Å². The van der Waals surface area contributed by atoms with Crippen molar-refractivity contribution in [2.45, 2.75) is 24.9 Å². The molecule has 3 rings (SSSR count). The Morgan fingerprint density at radius 2 is 1.82 bits per heavy atom. The summed E-state index contributed by atoms with van der Waals surface area (Å²) in [6.45, 7) is 1.95. The molecule has 1 amide bonds. The molecule has 0 fully saturated rings. The smallest absolute Gasteiger partial charge is 0.224 e.